The minimum absolute atomic E-state index is 0.353. The summed E-state index contributed by atoms with van der Waals surface area (Å²) in [7, 11) is -3.27. The van der Waals surface area contributed by atoms with Crippen LogP contribution in [0, 0.1) is 0 Å². The Morgan fingerprint density at radius 3 is 2.53 bits per heavy atom. The standard InChI is InChI=1S/C11H13NO2S/c13-15(14,9-10-5-4-8-12-10)11-6-2-1-3-7-11/h1-3,6-7,9,12H,4-5,8H2/b10-9+. The fraction of sp³-hybridized carbons (Fsp3) is 0.273. The normalized spacial score (nSPS) is 19.1. The van der Waals surface area contributed by atoms with Crippen LogP contribution in [0.2, 0.25) is 0 Å². The highest BCUT2D eigenvalue weighted by molar-refractivity contribution is 7.94. The average molecular weight is 223 g/mol. The van der Waals surface area contributed by atoms with Gasteiger partial charge in [-0.2, -0.15) is 0 Å². The Bertz CT molecular complexity index is 455. The third kappa shape index (κ3) is 2.39. The predicted octanol–water partition coefficient (Wildman–Crippen LogP) is 1.69. The zero-order valence-electron chi connectivity index (χ0n) is 8.31. The highest BCUT2D eigenvalue weighted by Crippen LogP contribution is 2.16. The van der Waals surface area contributed by atoms with E-state index in [4.69, 9.17) is 0 Å². The first-order valence-corrected chi connectivity index (χ1v) is 6.48. The summed E-state index contributed by atoms with van der Waals surface area (Å²) in [6.45, 7) is 0.871. The van der Waals surface area contributed by atoms with Crippen molar-refractivity contribution in [1.29, 1.82) is 0 Å². The van der Waals surface area contributed by atoms with Gasteiger partial charge in [0.15, 0.2) is 0 Å². The Kier molecular flexibility index (Phi) is 2.77. The van der Waals surface area contributed by atoms with E-state index in [0.29, 0.717) is 4.90 Å². The number of nitrogens with one attached hydrogen (secondary N) is 1. The van der Waals surface area contributed by atoms with Crippen molar-refractivity contribution in [1.82, 2.24) is 5.32 Å². The molecular weight excluding hydrogens is 210 g/mol. The fourth-order valence-corrected chi connectivity index (χ4v) is 2.83. The van der Waals surface area contributed by atoms with Crippen molar-refractivity contribution in [3.63, 3.8) is 0 Å². The molecule has 0 saturated carbocycles. The lowest BCUT2D eigenvalue weighted by molar-refractivity contribution is 0.604. The van der Waals surface area contributed by atoms with Crippen molar-refractivity contribution in [3.05, 3.63) is 41.4 Å². The van der Waals surface area contributed by atoms with Gasteiger partial charge in [-0.1, -0.05) is 18.2 Å². The second-order valence-electron chi connectivity index (χ2n) is 3.53. The topological polar surface area (TPSA) is 46.2 Å². The van der Waals surface area contributed by atoms with E-state index < -0.39 is 9.84 Å². The Morgan fingerprint density at radius 2 is 1.93 bits per heavy atom. The van der Waals surface area contributed by atoms with E-state index >= 15 is 0 Å². The molecule has 0 atom stereocenters. The summed E-state index contributed by atoms with van der Waals surface area (Å²) in [5, 5.41) is 4.41. The van der Waals surface area contributed by atoms with Crippen LogP contribution in [-0.4, -0.2) is 15.0 Å². The first-order chi connectivity index (χ1) is 7.18. The van der Waals surface area contributed by atoms with Crippen molar-refractivity contribution in [2.24, 2.45) is 0 Å². The largest absolute Gasteiger partial charge is 0.388 e. The van der Waals surface area contributed by atoms with Gasteiger partial charge in [-0.3, -0.25) is 0 Å². The lowest BCUT2D eigenvalue weighted by atomic mass is 10.3. The molecule has 3 nitrogen and oxygen atoms in total. The third-order valence-electron chi connectivity index (χ3n) is 2.34. The Hall–Kier alpha value is -1.29. The van der Waals surface area contributed by atoms with Gasteiger partial charge in [0, 0.05) is 12.2 Å². The molecule has 0 radical (unpaired) electrons. The van der Waals surface area contributed by atoms with Crippen LogP contribution < -0.4 is 5.32 Å². The SMILES string of the molecule is O=S(=O)(/C=C1\CCCN1)c1ccccc1. The lowest BCUT2D eigenvalue weighted by Crippen LogP contribution is -2.06. The monoisotopic (exact) mass is 223 g/mol. The molecule has 80 valence electrons. The predicted molar refractivity (Wildman–Crippen MR) is 58.9 cm³/mol. The fourth-order valence-electron chi connectivity index (χ4n) is 1.58. The second kappa shape index (κ2) is 4.06. The van der Waals surface area contributed by atoms with E-state index in [1.165, 1.54) is 5.41 Å². The molecule has 0 aliphatic carbocycles. The smallest absolute Gasteiger partial charge is 0.201 e. The minimum Gasteiger partial charge on any atom is -0.388 e. The number of hydrogen-bond donors (Lipinski definition) is 1. The summed E-state index contributed by atoms with van der Waals surface area (Å²) in [5.41, 5.74) is 0.818. The van der Waals surface area contributed by atoms with Crippen LogP contribution in [-0.2, 0) is 9.84 Å². The summed E-state index contributed by atoms with van der Waals surface area (Å²) in [5.74, 6) is 0. The molecule has 0 aromatic heterocycles. The lowest BCUT2D eigenvalue weighted by Gasteiger charge is -2.01. The van der Waals surface area contributed by atoms with Gasteiger partial charge in [0.25, 0.3) is 0 Å². The molecule has 0 unspecified atom stereocenters. The zero-order valence-corrected chi connectivity index (χ0v) is 9.13. The molecule has 1 saturated heterocycles. The molecule has 1 aromatic carbocycles. The quantitative estimate of drug-likeness (QED) is 0.829. The number of rotatable bonds is 2. The molecule has 1 aliphatic heterocycles. The van der Waals surface area contributed by atoms with Crippen LogP contribution in [0.25, 0.3) is 0 Å². The molecule has 15 heavy (non-hydrogen) atoms. The Labute approximate surface area is 89.7 Å². The van der Waals surface area contributed by atoms with Crippen molar-refractivity contribution >= 4 is 9.84 Å². The summed E-state index contributed by atoms with van der Waals surface area (Å²) in [4.78, 5) is 0.353. The highest BCUT2D eigenvalue weighted by atomic mass is 32.2. The summed E-state index contributed by atoms with van der Waals surface area (Å²) in [6, 6.07) is 8.49. The van der Waals surface area contributed by atoms with Gasteiger partial charge in [0.05, 0.1) is 10.3 Å². The summed E-state index contributed by atoms with van der Waals surface area (Å²) in [6.07, 6.45) is 1.84. The van der Waals surface area contributed by atoms with Crippen LogP contribution in [0.15, 0.2) is 46.3 Å². The first-order valence-electron chi connectivity index (χ1n) is 4.93. The second-order valence-corrected chi connectivity index (χ2v) is 5.33. The van der Waals surface area contributed by atoms with Crippen LogP contribution in [0.3, 0.4) is 0 Å². The maximum atomic E-state index is 11.9. The van der Waals surface area contributed by atoms with Crippen LogP contribution >= 0.6 is 0 Å². The number of hydrogen-bond acceptors (Lipinski definition) is 3. The number of benzene rings is 1. The molecule has 1 heterocycles. The molecule has 1 aromatic rings. The van der Waals surface area contributed by atoms with Gasteiger partial charge in [0.1, 0.15) is 0 Å². The van der Waals surface area contributed by atoms with Gasteiger partial charge in [-0.15, -0.1) is 0 Å². The van der Waals surface area contributed by atoms with Gasteiger partial charge in [-0.05, 0) is 25.0 Å². The first kappa shape index (κ1) is 10.2. The maximum absolute atomic E-state index is 11.9. The van der Waals surface area contributed by atoms with E-state index in [9.17, 15) is 8.42 Å². The van der Waals surface area contributed by atoms with E-state index in [0.717, 1.165) is 25.1 Å². The molecule has 1 fully saturated rings. The highest BCUT2D eigenvalue weighted by Gasteiger charge is 2.14. The summed E-state index contributed by atoms with van der Waals surface area (Å²) >= 11 is 0. The average Bonchev–Trinajstić information content (AvgIpc) is 2.71. The number of allylic oxidation sites excluding steroid dienone is 1. The summed E-state index contributed by atoms with van der Waals surface area (Å²) < 4.78 is 23.7. The van der Waals surface area contributed by atoms with Gasteiger partial charge in [0.2, 0.25) is 9.84 Å². The van der Waals surface area contributed by atoms with Crippen LogP contribution in [0.5, 0.6) is 0 Å². The van der Waals surface area contributed by atoms with E-state index in [2.05, 4.69) is 5.32 Å². The molecule has 1 aliphatic rings. The van der Waals surface area contributed by atoms with Crippen molar-refractivity contribution in [2.45, 2.75) is 17.7 Å². The van der Waals surface area contributed by atoms with E-state index in [1.807, 2.05) is 0 Å². The molecule has 1 N–H and O–H groups in total. The third-order valence-corrected chi connectivity index (χ3v) is 3.87. The van der Waals surface area contributed by atoms with Crippen molar-refractivity contribution < 1.29 is 8.42 Å². The molecule has 0 spiro atoms. The maximum Gasteiger partial charge on any atom is 0.201 e. The Morgan fingerprint density at radius 1 is 1.20 bits per heavy atom. The molecule has 4 heteroatoms. The molecular formula is C11H13NO2S. The van der Waals surface area contributed by atoms with E-state index in [-0.39, 0.29) is 0 Å². The van der Waals surface area contributed by atoms with Crippen molar-refractivity contribution in [3.8, 4) is 0 Å². The van der Waals surface area contributed by atoms with Crippen LogP contribution in [0.4, 0.5) is 0 Å². The van der Waals surface area contributed by atoms with Crippen LogP contribution in [0.1, 0.15) is 12.8 Å². The number of sulfone groups is 1. The Balaban J connectivity index is 2.32. The molecule has 0 amide bonds. The molecule has 2 rings (SSSR count). The van der Waals surface area contributed by atoms with E-state index in [1.54, 1.807) is 30.3 Å². The minimum atomic E-state index is -3.27. The van der Waals surface area contributed by atoms with Gasteiger partial charge in [-0.25, -0.2) is 8.42 Å². The van der Waals surface area contributed by atoms with Gasteiger partial charge >= 0.3 is 0 Å². The van der Waals surface area contributed by atoms with Crippen molar-refractivity contribution in [2.75, 3.05) is 6.54 Å². The van der Waals surface area contributed by atoms with Gasteiger partial charge < -0.3 is 5.32 Å². The molecule has 0 bridgehead atoms. The zero-order chi connectivity index (χ0) is 10.7.